The minimum absolute atomic E-state index is 0.0659. The van der Waals surface area contributed by atoms with E-state index in [1.807, 2.05) is 0 Å². The fraction of sp³-hybridized carbons (Fsp3) is 0.222. The topological polar surface area (TPSA) is 29.4 Å². The highest BCUT2D eigenvalue weighted by atomic mass is 35.5. The second kappa shape index (κ2) is 4.47. The van der Waals surface area contributed by atoms with Crippen molar-refractivity contribution >= 4 is 17.7 Å². The molecule has 0 aliphatic rings. The number of hydrogen-bond donors (Lipinski definition) is 0. The van der Waals surface area contributed by atoms with Crippen molar-refractivity contribution in [2.75, 3.05) is 0 Å². The van der Waals surface area contributed by atoms with Crippen molar-refractivity contribution in [3.8, 4) is 0 Å². The van der Waals surface area contributed by atoms with E-state index in [1.54, 1.807) is 0 Å². The predicted molar refractivity (Wildman–Crippen MR) is 48.3 cm³/mol. The van der Waals surface area contributed by atoms with Gasteiger partial charge in [-0.15, -0.1) is 0 Å². The number of carbonyl (C=O) groups excluding carboxylic acids is 1. The lowest BCUT2D eigenvalue weighted by Crippen LogP contribution is -2.04. The summed E-state index contributed by atoms with van der Waals surface area (Å²) in [4.78, 5) is 13.0. The van der Waals surface area contributed by atoms with E-state index in [9.17, 15) is 18.0 Å². The van der Waals surface area contributed by atoms with Crippen molar-refractivity contribution in [2.45, 2.75) is 12.7 Å². The van der Waals surface area contributed by atoms with Gasteiger partial charge in [0.15, 0.2) is 0 Å². The first-order valence-electron chi connectivity index (χ1n) is 3.84. The molecule has 0 saturated heterocycles. The maximum Gasteiger partial charge on any atom is 0.416 e. The van der Waals surface area contributed by atoms with Gasteiger partial charge in [0, 0.05) is 5.02 Å². The highest BCUT2D eigenvalue weighted by Gasteiger charge is 2.30. The summed E-state index contributed by atoms with van der Waals surface area (Å²) in [6.07, 6.45) is -3.14. The smallest absolute Gasteiger partial charge is 0.211 e. The van der Waals surface area contributed by atoms with Crippen molar-refractivity contribution in [3.63, 3.8) is 0 Å². The van der Waals surface area contributed by atoms with Crippen molar-refractivity contribution in [3.05, 3.63) is 34.3 Å². The van der Waals surface area contributed by atoms with Crippen LogP contribution in [0.1, 0.15) is 11.1 Å². The van der Waals surface area contributed by atoms with Gasteiger partial charge >= 0.3 is 6.18 Å². The van der Waals surface area contributed by atoms with Crippen LogP contribution in [0.25, 0.3) is 0 Å². The molecular weight excluding hydrogens is 231 g/mol. The molecule has 0 saturated carbocycles. The van der Waals surface area contributed by atoms with Gasteiger partial charge in [0.1, 0.15) is 0 Å². The Kier molecular flexibility index (Phi) is 3.50. The number of aliphatic imine (C=N–C) groups is 1. The molecule has 0 heterocycles. The van der Waals surface area contributed by atoms with Crippen LogP contribution in [0.3, 0.4) is 0 Å². The third-order valence-corrected chi connectivity index (χ3v) is 2.05. The first-order valence-corrected chi connectivity index (χ1v) is 4.22. The standard InChI is InChI=1S/C9H5ClF3NO/c10-8-3-7(9(11,12)13)2-1-6(8)4-14-5-15/h1-3H,4H2. The van der Waals surface area contributed by atoms with Gasteiger partial charge in [-0.25, -0.2) is 9.79 Å². The van der Waals surface area contributed by atoms with Crippen LogP contribution in [-0.4, -0.2) is 6.08 Å². The second-order valence-corrected chi connectivity index (χ2v) is 3.12. The maximum atomic E-state index is 12.2. The molecule has 1 aromatic carbocycles. The SMILES string of the molecule is O=C=NCc1ccc(C(F)(F)F)cc1Cl. The summed E-state index contributed by atoms with van der Waals surface area (Å²) in [6.45, 7) is -0.0690. The Hall–Kier alpha value is -1.32. The molecule has 0 fully saturated rings. The van der Waals surface area contributed by atoms with Gasteiger partial charge in [0.05, 0.1) is 12.1 Å². The lowest BCUT2D eigenvalue weighted by Gasteiger charge is -2.08. The molecule has 15 heavy (non-hydrogen) atoms. The van der Waals surface area contributed by atoms with Crippen LogP contribution in [0, 0.1) is 0 Å². The third kappa shape index (κ3) is 3.08. The zero-order chi connectivity index (χ0) is 11.5. The Morgan fingerprint density at radius 3 is 2.53 bits per heavy atom. The molecule has 0 aliphatic carbocycles. The molecule has 0 bridgehead atoms. The average Bonchev–Trinajstić information content (AvgIpc) is 2.14. The van der Waals surface area contributed by atoms with Crippen LogP contribution in [-0.2, 0) is 17.5 Å². The van der Waals surface area contributed by atoms with E-state index >= 15 is 0 Å². The highest BCUT2D eigenvalue weighted by molar-refractivity contribution is 6.31. The molecule has 0 unspecified atom stereocenters. The molecule has 0 radical (unpaired) electrons. The van der Waals surface area contributed by atoms with Crippen molar-refractivity contribution in [1.82, 2.24) is 0 Å². The van der Waals surface area contributed by atoms with Gasteiger partial charge in [-0.1, -0.05) is 17.7 Å². The number of benzene rings is 1. The predicted octanol–water partition coefficient (Wildman–Crippen LogP) is 3.19. The van der Waals surface area contributed by atoms with Crippen molar-refractivity contribution in [2.24, 2.45) is 4.99 Å². The first-order chi connectivity index (χ1) is 6.95. The molecule has 1 aromatic rings. The normalized spacial score (nSPS) is 10.9. The fourth-order valence-corrected chi connectivity index (χ4v) is 1.21. The summed E-state index contributed by atoms with van der Waals surface area (Å²) in [7, 11) is 0. The summed E-state index contributed by atoms with van der Waals surface area (Å²) in [6, 6.07) is 2.88. The number of nitrogens with zero attached hydrogens (tertiary/aromatic N) is 1. The molecule has 0 spiro atoms. The number of alkyl halides is 3. The molecule has 0 atom stereocenters. The number of halogens is 4. The van der Waals surface area contributed by atoms with Gasteiger partial charge in [-0.05, 0) is 17.7 Å². The summed E-state index contributed by atoms with van der Waals surface area (Å²) >= 11 is 5.58. The number of isocyanates is 1. The van der Waals surface area contributed by atoms with Crippen LogP contribution in [0.5, 0.6) is 0 Å². The molecule has 0 aromatic heterocycles. The summed E-state index contributed by atoms with van der Waals surface area (Å²) in [5.74, 6) is 0. The van der Waals surface area contributed by atoms with Gasteiger partial charge in [0.2, 0.25) is 6.08 Å². The molecule has 6 heteroatoms. The minimum Gasteiger partial charge on any atom is -0.211 e. The van der Waals surface area contributed by atoms with E-state index < -0.39 is 11.7 Å². The lowest BCUT2D eigenvalue weighted by atomic mass is 10.1. The Bertz CT molecular complexity index is 410. The molecule has 80 valence electrons. The zero-order valence-corrected chi connectivity index (χ0v) is 8.06. The molecule has 1 rings (SSSR count). The van der Waals surface area contributed by atoms with E-state index in [4.69, 9.17) is 11.6 Å². The number of rotatable bonds is 2. The molecule has 0 amide bonds. The maximum absolute atomic E-state index is 12.2. The highest BCUT2D eigenvalue weighted by Crippen LogP contribution is 2.32. The Morgan fingerprint density at radius 1 is 1.40 bits per heavy atom. The van der Waals surface area contributed by atoms with Crippen LogP contribution in [0.2, 0.25) is 5.02 Å². The van der Waals surface area contributed by atoms with Crippen LogP contribution >= 0.6 is 11.6 Å². The Morgan fingerprint density at radius 2 is 2.07 bits per heavy atom. The molecule has 0 aliphatic heterocycles. The minimum atomic E-state index is -4.42. The van der Waals surface area contributed by atoms with E-state index in [2.05, 4.69) is 4.99 Å². The Labute approximate surface area is 88.4 Å². The van der Waals surface area contributed by atoms with E-state index in [0.29, 0.717) is 5.56 Å². The fourth-order valence-electron chi connectivity index (χ4n) is 0.969. The molecule has 0 N–H and O–H groups in total. The van der Waals surface area contributed by atoms with Crippen LogP contribution in [0.4, 0.5) is 13.2 Å². The third-order valence-electron chi connectivity index (χ3n) is 1.69. The Balaban J connectivity index is 3.03. The van der Waals surface area contributed by atoms with Gasteiger partial charge in [-0.3, -0.25) is 0 Å². The molecule has 2 nitrogen and oxygen atoms in total. The largest absolute Gasteiger partial charge is 0.416 e. The monoisotopic (exact) mass is 235 g/mol. The van der Waals surface area contributed by atoms with Gasteiger partial charge in [-0.2, -0.15) is 13.2 Å². The van der Waals surface area contributed by atoms with E-state index in [1.165, 1.54) is 12.1 Å². The quantitative estimate of drug-likeness (QED) is 0.572. The summed E-state index contributed by atoms with van der Waals surface area (Å²) in [5, 5.41) is -0.0659. The van der Waals surface area contributed by atoms with Gasteiger partial charge in [0.25, 0.3) is 0 Å². The van der Waals surface area contributed by atoms with Crippen LogP contribution in [0.15, 0.2) is 23.2 Å². The first kappa shape index (κ1) is 11.8. The summed E-state index contributed by atoms with van der Waals surface area (Å²) in [5.41, 5.74) is -0.473. The average molecular weight is 236 g/mol. The van der Waals surface area contributed by atoms with Crippen molar-refractivity contribution < 1.29 is 18.0 Å². The van der Waals surface area contributed by atoms with Gasteiger partial charge < -0.3 is 0 Å². The molecular formula is C9H5ClF3NO. The van der Waals surface area contributed by atoms with Crippen molar-refractivity contribution in [1.29, 1.82) is 0 Å². The number of hydrogen-bond acceptors (Lipinski definition) is 2. The van der Waals surface area contributed by atoms with Crippen LogP contribution < -0.4 is 0 Å². The lowest BCUT2D eigenvalue weighted by molar-refractivity contribution is -0.137. The summed E-state index contributed by atoms with van der Waals surface area (Å²) < 4.78 is 36.6. The van der Waals surface area contributed by atoms with E-state index in [-0.39, 0.29) is 11.6 Å². The zero-order valence-electron chi connectivity index (χ0n) is 7.31. The second-order valence-electron chi connectivity index (χ2n) is 2.71. The van der Waals surface area contributed by atoms with E-state index in [0.717, 1.165) is 12.1 Å².